The Labute approximate surface area is 157 Å². The van der Waals surface area contributed by atoms with Crippen LogP contribution in [0.3, 0.4) is 0 Å². The first-order valence-electron chi connectivity index (χ1n) is 9.08. The smallest absolute Gasteiger partial charge is 0.222 e. The Balaban J connectivity index is 2.11. The summed E-state index contributed by atoms with van der Waals surface area (Å²) in [6.07, 6.45) is 1.43. The molecular formula is C19H33N5O2. The highest BCUT2D eigenvalue weighted by atomic mass is 16.5. The molecule has 0 radical (unpaired) electrons. The molecule has 0 unspecified atom stereocenters. The first kappa shape index (κ1) is 21.9. The zero-order valence-electron chi connectivity index (χ0n) is 16.3. The summed E-state index contributed by atoms with van der Waals surface area (Å²) >= 11 is 0. The number of methoxy groups -OCH3 is 1. The van der Waals surface area contributed by atoms with Crippen LogP contribution < -0.4 is 16.0 Å². The molecule has 7 nitrogen and oxygen atoms in total. The molecule has 0 atom stereocenters. The number of ether oxygens (including phenoxy) is 1. The summed E-state index contributed by atoms with van der Waals surface area (Å²) in [7, 11) is 5.54. The first-order chi connectivity index (χ1) is 12.7. The number of nitrogens with zero attached hydrogens (tertiary/aromatic N) is 2. The highest BCUT2D eigenvalue weighted by molar-refractivity contribution is 5.81. The molecule has 0 saturated carbocycles. The molecule has 1 aromatic carbocycles. The van der Waals surface area contributed by atoms with Gasteiger partial charge < -0.3 is 25.6 Å². The highest BCUT2D eigenvalue weighted by Crippen LogP contribution is 1.97. The lowest BCUT2D eigenvalue weighted by Gasteiger charge is -2.18. The van der Waals surface area contributed by atoms with Gasteiger partial charge in [0, 0.05) is 59.9 Å². The van der Waals surface area contributed by atoms with E-state index in [4.69, 9.17) is 4.74 Å². The van der Waals surface area contributed by atoms with Gasteiger partial charge in [-0.05, 0) is 19.0 Å². The van der Waals surface area contributed by atoms with Crippen molar-refractivity contribution >= 4 is 11.9 Å². The van der Waals surface area contributed by atoms with Gasteiger partial charge in [0.25, 0.3) is 0 Å². The average molecular weight is 364 g/mol. The number of carbonyl (C=O) groups is 1. The largest absolute Gasteiger partial charge is 0.385 e. The van der Waals surface area contributed by atoms with Gasteiger partial charge >= 0.3 is 0 Å². The molecule has 0 heterocycles. The molecule has 26 heavy (non-hydrogen) atoms. The fourth-order valence-electron chi connectivity index (χ4n) is 2.36. The summed E-state index contributed by atoms with van der Waals surface area (Å²) in [4.78, 5) is 18.3. The summed E-state index contributed by atoms with van der Waals surface area (Å²) in [5.74, 6) is 0.737. The number of hydrogen-bond donors (Lipinski definition) is 3. The van der Waals surface area contributed by atoms with Gasteiger partial charge in [-0.2, -0.15) is 0 Å². The van der Waals surface area contributed by atoms with Gasteiger partial charge in [0.15, 0.2) is 5.96 Å². The molecule has 1 aromatic rings. The number of carbonyl (C=O) groups excluding carboxylic acids is 1. The normalized spacial score (nSPS) is 11.5. The van der Waals surface area contributed by atoms with Crippen molar-refractivity contribution in [3.8, 4) is 0 Å². The van der Waals surface area contributed by atoms with Crippen LogP contribution in [0.5, 0.6) is 0 Å². The monoisotopic (exact) mass is 363 g/mol. The van der Waals surface area contributed by atoms with Gasteiger partial charge in [0.2, 0.25) is 5.91 Å². The predicted octanol–water partition coefficient (Wildman–Crippen LogP) is 0.826. The maximum atomic E-state index is 11.9. The number of aliphatic imine (C=N–C) groups is 1. The van der Waals surface area contributed by atoms with E-state index in [0.717, 1.165) is 38.2 Å². The molecule has 0 fully saturated rings. The minimum Gasteiger partial charge on any atom is -0.385 e. The second-order valence-electron chi connectivity index (χ2n) is 6.09. The minimum atomic E-state index is 0.0229. The lowest BCUT2D eigenvalue weighted by Crippen LogP contribution is -2.42. The maximum absolute atomic E-state index is 11.9. The predicted molar refractivity (Wildman–Crippen MR) is 106 cm³/mol. The Kier molecular flexibility index (Phi) is 11.9. The molecule has 3 N–H and O–H groups in total. The third kappa shape index (κ3) is 10.7. The summed E-state index contributed by atoms with van der Waals surface area (Å²) < 4.78 is 5.05. The molecular weight excluding hydrogens is 330 g/mol. The standard InChI is InChI=1S/C19H33N5O2/c1-20-19(22-12-14-24(2)13-7-15-26-3)21-11-10-18(25)23-16-17-8-5-4-6-9-17/h4-6,8-9H,7,10-16H2,1-3H3,(H,23,25)(H2,20,21,22). The third-order valence-electron chi connectivity index (χ3n) is 3.87. The Morgan fingerprint density at radius 1 is 1.12 bits per heavy atom. The summed E-state index contributed by atoms with van der Waals surface area (Å²) in [6, 6.07) is 9.89. The Morgan fingerprint density at radius 2 is 1.85 bits per heavy atom. The van der Waals surface area contributed by atoms with Crippen LogP contribution in [0, 0.1) is 0 Å². The van der Waals surface area contributed by atoms with Gasteiger partial charge in [-0.3, -0.25) is 9.79 Å². The quantitative estimate of drug-likeness (QED) is 0.291. The number of guanidine groups is 1. The zero-order chi connectivity index (χ0) is 19.0. The second kappa shape index (κ2) is 14.1. The number of nitrogens with one attached hydrogen (secondary N) is 3. The van der Waals surface area contributed by atoms with Crippen molar-refractivity contribution in [2.75, 3.05) is 54.0 Å². The van der Waals surface area contributed by atoms with Crippen LogP contribution in [-0.2, 0) is 16.1 Å². The van der Waals surface area contributed by atoms with Gasteiger partial charge in [0.1, 0.15) is 0 Å². The third-order valence-corrected chi connectivity index (χ3v) is 3.87. The van der Waals surface area contributed by atoms with Crippen LogP contribution in [0.25, 0.3) is 0 Å². The Morgan fingerprint density at radius 3 is 2.54 bits per heavy atom. The minimum absolute atomic E-state index is 0.0229. The molecule has 0 aliphatic rings. The van der Waals surface area contributed by atoms with Crippen LogP contribution >= 0.6 is 0 Å². The lowest BCUT2D eigenvalue weighted by atomic mass is 10.2. The van der Waals surface area contributed by atoms with Crippen molar-refractivity contribution in [3.63, 3.8) is 0 Å². The van der Waals surface area contributed by atoms with Crippen LogP contribution in [-0.4, -0.2) is 70.8 Å². The summed E-state index contributed by atoms with van der Waals surface area (Å²) in [6.45, 7) is 4.60. The summed E-state index contributed by atoms with van der Waals surface area (Å²) in [5.41, 5.74) is 1.10. The molecule has 0 bridgehead atoms. The first-order valence-corrected chi connectivity index (χ1v) is 9.08. The number of rotatable bonds is 12. The number of hydrogen-bond acceptors (Lipinski definition) is 4. The summed E-state index contributed by atoms with van der Waals surface area (Å²) in [5, 5.41) is 9.34. The van der Waals surface area contributed by atoms with E-state index in [0.29, 0.717) is 25.5 Å². The van der Waals surface area contributed by atoms with E-state index in [9.17, 15) is 4.79 Å². The topological polar surface area (TPSA) is 78.0 Å². The molecule has 0 aliphatic heterocycles. The van der Waals surface area contributed by atoms with Crippen molar-refractivity contribution in [3.05, 3.63) is 35.9 Å². The van der Waals surface area contributed by atoms with E-state index in [-0.39, 0.29) is 5.91 Å². The molecule has 0 aliphatic carbocycles. The van der Waals surface area contributed by atoms with Gasteiger partial charge in [-0.15, -0.1) is 0 Å². The van der Waals surface area contributed by atoms with Gasteiger partial charge in [0.05, 0.1) is 0 Å². The average Bonchev–Trinajstić information content (AvgIpc) is 2.66. The maximum Gasteiger partial charge on any atom is 0.222 e. The van der Waals surface area contributed by atoms with Crippen LogP contribution in [0.15, 0.2) is 35.3 Å². The molecule has 0 saturated heterocycles. The van der Waals surface area contributed by atoms with Crippen molar-refractivity contribution in [1.29, 1.82) is 0 Å². The number of amides is 1. The molecule has 0 aromatic heterocycles. The van der Waals surface area contributed by atoms with Crippen molar-refractivity contribution in [2.24, 2.45) is 4.99 Å². The van der Waals surface area contributed by atoms with E-state index in [2.05, 4.69) is 32.9 Å². The fraction of sp³-hybridized carbons (Fsp3) is 0.579. The van der Waals surface area contributed by atoms with Gasteiger partial charge in [-0.1, -0.05) is 30.3 Å². The molecule has 7 heteroatoms. The van der Waals surface area contributed by atoms with Crippen molar-refractivity contribution < 1.29 is 9.53 Å². The number of likely N-dealkylation sites (N-methyl/N-ethyl adjacent to an activating group) is 1. The van der Waals surface area contributed by atoms with Crippen LogP contribution in [0.1, 0.15) is 18.4 Å². The van der Waals surface area contributed by atoms with E-state index in [1.807, 2.05) is 30.3 Å². The van der Waals surface area contributed by atoms with Crippen LogP contribution in [0.4, 0.5) is 0 Å². The fourth-order valence-corrected chi connectivity index (χ4v) is 2.36. The van der Waals surface area contributed by atoms with Crippen molar-refractivity contribution in [1.82, 2.24) is 20.9 Å². The Hall–Kier alpha value is -2.12. The van der Waals surface area contributed by atoms with E-state index in [1.54, 1.807) is 14.2 Å². The molecule has 1 amide bonds. The Bertz CT molecular complexity index is 522. The van der Waals surface area contributed by atoms with E-state index >= 15 is 0 Å². The van der Waals surface area contributed by atoms with E-state index in [1.165, 1.54) is 0 Å². The lowest BCUT2D eigenvalue weighted by molar-refractivity contribution is -0.121. The molecule has 1 rings (SSSR count). The second-order valence-corrected chi connectivity index (χ2v) is 6.09. The SMILES string of the molecule is CN=C(NCCC(=O)NCc1ccccc1)NCCN(C)CCCOC. The number of benzene rings is 1. The highest BCUT2D eigenvalue weighted by Gasteiger charge is 2.03. The zero-order valence-corrected chi connectivity index (χ0v) is 16.3. The van der Waals surface area contributed by atoms with E-state index < -0.39 is 0 Å². The molecule has 0 spiro atoms. The van der Waals surface area contributed by atoms with Crippen molar-refractivity contribution in [2.45, 2.75) is 19.4 Å². The van der Waals surface area contributed by atoms with Crippen LogP contribution in [0.2, 0.25) is 0 Å². The molecule has 146 valence electrons. The van der Waals surface area contributed by atoms with Gasteiger partial charge in [-0.25, -0.2) is 0 Å².